The topological polar surface area (TPSA) is 0 Å². The molecule has 0 nitrogen and oxygen atoms in total. The molecule has 3 aromatic carbocycles. The molecule has 3 rings (SSSR count). The first-order chi connectivity index (χ1) is 13.0. The molecule has 146 valence electrons. The van der Waals surface area contributed by atoms with Crippen LogP contribution < -0.4 is 0 Å². The molecule has 0 aromatic heterocycles. The lowest BCUT2D eigenvalue weighted by Gasteiger charge is -2.23. The Morgan fingerprint density at radius 3 is 1.00 bits per heavy atom. The predicted octanol–water partition coefficient (Wildman–Crippen LogP) is 7.68. The van der Waals surface area contributed by atoms with E-state index in [9.17, 15) is 26.3 Å². The highest BCUT2D eigenvalue weighted by molar-refractivity contribution is 5.79. The molecule has 0 radical (unpaired) electrons. The monoisotopic (exact) mass is 394 g/mol. The van der Waals surface area contributed by atoms with Crippen LogP contribution in [0.2, 0.25) is 0 Å². The van der Waals surface area contributed by atoms with Crippen LogP contribution >= 0.6 is 0 Å². The first kappa shape index (κ1) is 20.0. The Bertz CT molecular complexity index is 895. The van der Waals surface area contributed by atoms with Crippen molar-refractivity contribution in [2.24, 2.45) is 0 Å². The van der Waals surface area contributed by atoms with Gasteiger partial charge in [-0.15, -0.1) is 0 Å². The quantitative estimate of drug-likeness (QED) is 0.391. The average Bonchev–Trinajstić information content (AvgIpc) is 2.60. The Balaban J connectivity index is 2.38. The molecule has 0 spiro atoms. The third kappa shape index (κ3) is 3.91. The van der Waals surface area contributed by atoms with Crippen molar-refractivity contribution in [2.75, 3.05) is 0 Å². The summed E-state index contributed by atoms with van der Waals surface area (Å²) < 4.78 is 83.2. The molecule has 6 heteroatoms. The fraction of sp³-hybridized carbons (Fsp3) is 0.182. The van der Waals surface area contributed by atoms with Gasteiger partial charge in [-0.1, -0.05) is 71.8 Å². The van der Waals surface area contributed by atoms with Gasteiger partial charge in [-0.3, -0.25) is 0 Å². The summed E-state index contributed by atoms with van der Waals surface area (Å²) in [5.74, 6) is 0. The lowest BCUT2D eigenvalue weighted by atomic mass is 9.88. The van der Waals surface area contributed by atoms with Crippen LogP contribution in [-0.4, -0.2) is 0 Å². The third-order valence-corrected chi connectivity index (χ3v) is 4.50. The molecule has 0 unspecified atom stereocenters. The number of aryl methyl sites for hydroxylation is 2. The lowest BCUT2D eigenvalue weighted by Crippen LogP contribution is -2.19. The Kier molecular flexibility index (Phi) is 5.00. The predicted molar refractivity (Wildman–Crippen MR) is 96.8 cm³/mol. The van der Waals surface area contributed by atoms with Crippen molar-refractivity contribution in [3.05, 3.63) is 82.9 Å². The van der Waals surface area contributed by atoms with E-state index in [1.807, 2.05) is 0 Å². The largest absolute Gasteiger partial charge is 0.417 e. The van der Waals surface area contributed by atoms with Gasteiger partial charge in [0.25, 0.3) is 0 Å². The summed E-state index contributed by atoms with van der Waals surface area (Å²) in [5, 5.41) is 0. The van der Waals surface area contributed by atoms with Crippen LogP contribution in [0.3, 0.4) is 0 Å². The number of rotatable bonds is 2. The molecule has 3 aromatic rings. The molecular weight excluding hydrogens is 378 g/mol. The van der Waals surface area contributed by atoms with Crippen LogP contribution in [0, 0.1) is 13.8 Å². The summed E-state index contributed by atoms with van der Waals surface area (Å²) in [6.45, 7) is 3.49. The highest BCUT2D eigenvalue weighted by atomic mass is 19.4. The fourth-order valence-corrected chi connectivity index (χ4v) is 3.14. The van der Waals surface area contributed by atoms with E-state index in [1.165, 1.54) is 24.3 Å². The Morgan fingerprint density at radius 2 is 0.750 bits per heavy atom. The molecule has 0 fully saturated rings. The van der Waals surface area contributed by atoms with Crippen molar-refractivity contribution in [3.8, 4) is 22.3 Å². The standard InChI is InChI=1S/C22H16F6/c1-13-3-7-15(8-4-13)17-11-12-18(16-9-5-14(2)6-10-16)20(22(26,27)28)19(17)21(23,24)25/h3-12H,1-2H3. The third-order valence-electron chi connectivity index (χ3n) is 4.50. The Labute approximate surface area is 158 Å². The molecule has 0 aliphatic carbocycles. The number of benzene rings is 3. The summed E-state index contributed by atoms with van der Waals surface area (Å²) in [4.78, 5) is 0. The number of halogens is 6. The molecule has 0 aliphatic rings. The maximum atomic E-state index is 13.9. The van der Waals surface area contributed by atoms with Crippen LogP contribution in [0.25, 0.3) is 22.3 Å². The summed E-state index contributed by atoms with van der Waals surface area (Å²) in [5.41, 5.74) is -2.55. The molecule has 0 heterocycles. The van der Waals surface area contributed by atoms with Gasteiger partial charge in [0.1, 0.15) is 0 Å². The van der Waals surface area contributed by atoms with Crippen LogP contribution in [0.15, 0.2) is 60.7 Å². The van der Waals surface area contributed by atoms with E-state index >= 15 is 0 Å². The molecule has 0 N–H and O–H groups in total. The fourth-order valence-electron chi connectivity index (χ4n) is 3.14. The van der Waals surface area contributed by atoms with Crippen molar-refractivity contribution in [3.63, 3.8) is 0 Å². The van der Waals surface area contributed by atoms with E-state index in [1.54, 1.807) is 38.1 Å². The zero-order valence-corrected chi connectivity index (χ0v) is 15.0. The summed E-state index contributed by atoms with van der Waals surface area (Å²) >= 11 is 0. The number of hydrogen-bond donors (Lipinski definition) is 0. The van der Waals surface area contributed by atoms with Gasteiger partial charge in [-0.05, 0) is 36.1 Å². The zero-order valence-electron chi connectivity index (χ0n) is 15.0. The van der Waals surface area contributed by atoms with Gasteiger partial charge >= 0.3 is 12.4 Å². The average molecular weight is 394 g/mol. The maximum absolute atomic E-state index is 13.9. The molecular formula is C22H16F6. The minimum absolute atomic E-state index is 0.0823. The van der Waals surface area contributed by atoms with Gasteiger partial charge < -0.3 is 0 Å². The summed E-state index contributed by atoms with van der Waals surface area (Å²) in [6, 6.07) is 14.1. The van der Waals surface area contributed by atoms with Gasteiger partial charge in [-0.25, -0.2) is 0 Å². The first-order valence-electron chi connectivity index (χ1n) is 8.44. The molecule has 0 saturated heterocycles. The van der Waals surface area contributed by atoms with Gasteiger partial charge in [-0.2, -0.15) is 26.3 Å². The molecule has 0 amide bonds. The van der Waals surface area contributed by atoms with E-state index in [0.717, 1.165) is 23.3 Å². The van der Waals surface area contributed by atoms with Crippen LogP contribution in [-0.2, 0) is 12.4 Å². The summed E-state index contributed by atoms with van der Waals surface area (Å²) in [7, 11) is 0. The second-order valence-electron chi connectivity index (χ2n) is 6.64. The van der Waals surface area contributed by atoms with E-state index in [-0.39, 0.29) is 11.1 Å². The van der Waals surface area contributed by atoms with Crippen molar-refractivity contribution >= 4 is 0 Å². The summed E-state index contributed by atoms with van der Waals surface area (Å²) in [6.07, 6.45) is -10.3. The molecule has 0 bridgehead atoms. The van der Waals surface area contributed by atoms with Gasteiger partial charge in [0.05, 0.1) is 11.1 Å². The smallest absolute Gasteiger partial charge is 0.166 e. The second-order valence-corrected chi connectivity index (χ2v) is 6.64. The van der Waals surface area contributed by atoms with Crippen LogP contribution in [0.5, 0.6) is 0 Å². The maximum Gasteiger partial charge on any atom is 0.417 e. The van der Waals surface area contributed by atoms with Crippen molar-refractivity contribution in [1.29, 1.82) is 0 Å². The number of alkyl halides is 6. The van der Waals surface area contributed by atoms with E-state index in [2.05, 4.69) is 0 Å². The molecule has 28 heavy (non-hydrogen) atoms. The van der Waals surface area contributed by atoms with Crippen molar-refractivity contribution in [2.45, 2.75) is 26.2 Å². The van der Waals surface area contributed by atoms with Gasteiger partial charge in [0.2, 0.25) is 0 Å². The molecule has 0 atom stereocenters. The normalized spacial score (nSPS) is 12.3. The van der Waals surface area contributed by atoms with Crippen molar-refractivity contribution in [1.82, 2.24) is 0 Å². The van der Waals surface area contributed by atoms with Crippen LogP contribution in [0.4, 0.5) is 26.3 Å². The van der Waals surface area contributed by atoms with E-state index in [0.29, 0.717) is 0 Å². The number of hydrogen-bond acceptors (Lipinski definition) is 0. The minimum atomic E-state index is -5.17. The molecule has 0 saturated carbocycles. The SMILES string of the molecule is Cc1ccc(-c2ccc(-c3ccc(C)cc3)c(C(F)(F)F)c2C(F)(F)F)cc1. The van der Waals surface area contributed by atoms with Gasteiger partial charge in [0.15, 0.2) is 0 Å². The molecule has 0 aliphatic heterocycles. The first-order valence-corrected chi connectivity index (χ1v) is 8.44. The second kappa shape index (κ2) is 7.00. The van der Waals surface area contributed by atoms with Gasteiger partial charge in [0, 0.05) is 0 Å². The van der Waals surface area contributed by atoms with Crippen LogP contribution in [0.1, 0.15) is 22.3 Å². The minimum Gasteiger partial charge on any atom is -0.166 e. The van der Waals surface area contributed by atoms with E-state index in [4.69, 9.17) is 0 Å². The Morgan fingerprint density at radius 1 is 0.464 bits per heavy atom. The highest BCUT2D eigenvalue weighted by Gasteiger charge is 2.46. The van der Waals surface area contributed by atoms with Crippen molar-refractivity contribution < 1.29 is 26.3 Å². The lowest BCUT2D eigenvalue weighted by molar-refractivity contribution is -0.161. The zero-order chi connectivity index (χ0) is 20.7. The highest BCUT2D eigenvalue weighted by Crippen LogP contribution is 2.49. The van der Waals surface area contributed by atoms with E-state index < -0.39 is 34.6 Å². The Hall–Kier alpha value is -2.76.